The number of methoxy groups -OCH3 is 1. The quantitative estimate of drug-likeness (QED) is 0.893. The van der Waals surface area contributed by atoms with Crippen LogP contribution >= 0.6 is 11.3 Å². The van der Waals surface area contributed by atoms with Crippen molar-refractivity contribution in [1.29, 1.82) is 0 Å². The van der Waals surface area contributed by atoms with Crippen LogP contribution in [-0.4, -0.2) is 17.8 Å². The Kier molecular flexibility index (Phi) is 3.86. The Balaban J connectivity index is 2.05. The van der Waals surface area contributed by atoms with Gasteiger partial charge in [0.05, 0.1) is 11.7 Å². The highest BCUT2D eigenvalue weighted by Crippen LogP contribution is 2.43. The highest BCUT2D eigenvalue weighted by atomic mass is 32.1. The normalized spacial score (nSPS) is 20.5. The second kappa shape index (κ2) is 4.95. The molecule has 0 aliphatic heterocycles. The summed E-state index contributed by atoms with van der Waals surface area (Å²) in [5.74, 6) is 0. The van der Waals surface area contributed by atoms with Gasteiger partial charge in [0.25, 0.3) is 0 Å². The maximum atomic E-state index is 10.4. The highest BCUT2D eigenvalue weighted by Gasteiger charge is 2.39. The fourth-order valence-electron chi connectivity index (χ4n) is 2.45. The van der Waals surface area contributed by atoms with Crippen molar-refractivity contribution >= 4 is 11.3 Å². The van der Waals surface area contributed by atoms with Crippen LogP contribution in [0.25, 0.3) is 0 Å². The van der Waals surface area contributed by atoms with Gasteiger partial charge in [0.1, 0.15) is 0 Å². The summed E-state index contributed by atoms with van der Waals surface area (Å²) in [6.45, 7) is 6.62. The van der Waals surface area contributed by atoms with Gasteiger partial charge in [0, 0.05) is 23.3 Å². The van der Waals surface area contributed by atoms with Gasteiger partial charge in [-0.15, -0.1) is 11.3 Å². The van der Waals surface area contributed by atoms with E-state index in [1.54, 1.807) is 18.4 Å². The fraction of sp³-hybridized carbons (Fsp3) is 0.733. The Morgan fingerprint density at radius 2 is 2.06 bits per heavy atom. The third-order valence-corrected chi connectivity index (χ3v) is 5.57. The summed E-state index contributed by atoms with van der Waals surface area (Å²) >= 11 is 1.73. The predicted octanol–water partition coefficient (Wildman–Crippen LogP) is 4.04. The smallest absolute Gasteiger partial charge is 0.0909 e. The average molecular weight is 268 g/mol. The zero-order valence-electron chi connectivity index (χ0n) is 11.8. The van der Waals surface area contributed by atoms with Gasteiger partial charge in [0.2, 0.25) is 0 Å². The van der Waals surface area contributed by atoms with Crippen LogP contribution in [0.5, 0.6) is 0 Å². The molecule has 0 amide bonds. The van der Waals surface area contributed by atoms with E-state index in [4.69, 9.17) is 4.74 Å². The van der Waals surface area contributed by atoms with E-state index < -0.39 is 0 Å². The van der Waals surface area contributed by atoms with Gasteiger partial charge in [-0.05, 0) is 36.8 Å². The first-order valence-electron chi connectivity index (χ1n) is 6.70. The van der Waals surface area contributed by atoms with Crippen molar-refractivity contribution in [2.75, 3.05) is 7.11 Å². The lowest BCUT2D eigenvalue weighted by atomic mass is 9.76. The van der Waals surface area contributed by atoms with Crippen molar-refractivity contribution in [1.82, 2.24) is 0 Å². The SMILES string of the molecule is COC1(CC(O)c2ccc(C(C)(C)C)s2)CCC1. The van der Waals surface area contributed by atoms with E-state index in [0.29, 0.717) is 0 Å². The van der Waals surface area contributed by atoms with Gasteiger partial charge < -0.3 is 9.84 Å². The number of hydrogen-bond donors (Lipinski definition) is 1. The molecule has 1 aliphatic carbocycles. The second-order valence-corrected chi connectivity index (χ2v) is 7.53. The minimum absolute atomic E-state index is 0.0642. The summed E-state index contributed by atoms with van der Waals surface area (Å²) in [5.41, 5.74) is 0.101. The minimum Gasteiger partial charge on any atom is -0.387 e. The van der Waals surface area contributed by atoms with Crippen LogP contribution in [-0.2, 0) is 10.2 Å². The maximum absolute atomic E-state index is 10.4. The van der Waals surface area contributed by atoms with Crippen LogP contribution in [0.2, 0.25) is 0 Å². The Morgan fingerprint density at radius 3 is 2.44 bits per heavy atom. The van der Waals surface area contributed by atoms with Crippen molar-refractivity contribution in [3.8, 4) is 0 Å². The number of aliphatic hydroxyl groups is 1. The molecule has 0 aromatic carbocycles. The van der Waals surface area contributed by atoms with Gasteiger partial charge in [-0.2, -0.15) is 0 Å². The van der Waals surface area contributed by atoms with Crippen LogP contribution in [0.1, 0.15) is 62.3 Å². The molecular weight excluding hydrogens is 244 g/mol. The topological polar surface area (TPSA) is 29.5 Å². The molecule has 1 fully saturated rings. The summed E-state index contributed by atoms with van der Waals surface area (Å²) in [4.78, 5) is 2.40. The first-order valence-corrected chi connectivity index (χ1v) is 7.51. The van der Waals surface area contributed by atoms with Crippen LogP contribution in [0.15, 0.2) is 12.1 Å². The third kappa shape index (κ3) is 2.79. The Bertz CT molecular complexity index is 393. The molecule has 1 unspecified atom stereocenters. The lowest BCUT2D eigenvalue weighted by Gasteiger charge is -2.41. The third-order valence-electron chi connectivity index (χ3n) is 3.96. The number of rotatable bonds is 4. The van der Waals surface area contributed by atoms with Gasteiger partial charge >= 0.3 is 0 Å². The molecule has 1 atom stereocenters. The molecule has 1 aromatic heterocycles. The number of thiophene rings is 1. The molecular formula is C15H24O2S. The van der Waals surface area contributed by atoms with E-state index in [-0.39, 0.29) is 17.1 Å². The van der Waals surface area contributed by atoms with E-state index in [1.165, 1.54) is 11.3 Å². The van der Waals surface area contributed by atoms with Crippen LogP contribution in [0, 0.1) is 0 Å². The maximum Gasteiger partial charge on any atom is 0.0909 e. The van der Waals surface area contributed by atoms with Crippen molar-refractivity contribution in [3.05, 3.63) is 21.9 Å². The van der Waals surface area contributed by atoms with Crippen LogP contribution < -0.4 is 0 Å². The molecule has 1 saturated carbocycles. The van der Waals surface area contributed by atoms with Crippen molar-refractivity contribution in [3.63, 3.8) is 0 Å². The van der Waals surface area contributed by atoms with Crippen molar-refractivity contribution in [2.45, 2.75) is 63.6 Å². The molecule has 1 N–H and O–H groups in total. The van der Waals surface area contributed by atoms with E-state index in [1.807, 2.05) is 0 Å². The molecule has 1 heterocycles. The van der Waals surface area contributed by atoms with E-state index in [2.05, 4.69) is 32.9 Å². The van der Waals surface area contributed by atoms with Gasteiger partial charge in [-0.25, -0.2) is 0 Å². The number of hydrogen-bond acceptors (Lipinski definition) is 3. The monoisotopic (exact) mass is 268 g/mol. The lowest BCUT2D eigenvalue weighted by molar-refractivity contribution is -0.0994. The molecule has 0 bridgehead atoms. The summed E-state index contributed by atoms with van der Waals surface area (Å²) in [5, 5.41) is 10.4. The summed E-state index contributed by atoms with van der Waals surface area (Å²) < 4.78 is 5.58. The minimum atomic E-state index is -0.383. The number of ether oxygens (including phenoxy) is 1. The molecule has 1 aromatic rings. The lowest BCUT2D eigenvalue weighted by Crippen LogP contribution is -2.40. The standard InChI is InChI=1S/C15H24O2S/c1-14(2,3)13-7-6-12(18-13)11(16)10-15(17-4)8-5-9-15/h6-7,11,16H,5,8-10H2,1-4H3. The molecule has 0 radical (unpaired) electrons. The first kappa shape index (κ1) is 14.0. The fourth-order valence-corrected chi connectivity index (χ4v) is 3.50. The Labute approximate surface area is 114 Å². The van der Waals surface area contributed by atoms with E-state index in [9.17, 15) is 5.11 Å². The molecule has 3 heteroatoms. The van der Waals surface area contributed by atoms with Gasteiger partial charge in [-0.3, -0.25) is 0 Å². The first-order chi connectivity index (χ1) is 8.36. The molecule has 102 valence electrons. The predicted molar refractivity (Wildman–Crippen MR) is 76.2 cm³/mol. The van der Waals surface area contributed by atoms with Gasteiger partial charge in [0.15, 0.2) is 0 Å². The molecule has 18 heavy (non-hydrogen) atoms. The van der Waals surface area contributed by atoms with Crippen molar-refractivity contribution in [2.24, 2.45) is 0 Å². The number of aliphatic hydroxyl groups excluding tert-OH is 1. The van der Waals surface area contributed by atoms with E-state index in [0.717, 1.165) is 24.1 Å². The van der Waals surface area contributed by atoms with E-state index >= 15 is 0 Å². The Hall–Kier alpha value is -0.380. The molecule has 0 saturated heterocycles. The van der Waals surface area contributed by atoms with Crippen LogP contribution in [0.3, 0.4) is 0 Å². The highest BCUT2D eigenvalue weighted by molar-refractivity contribution is 7.12. The Morgan fingerprint density at radius 1 is 1.39 bits per heavy atom. The zero-order chi connectivity index (χ0) is 13.4. The second-order valence-electron chi connectivity index (χ2n) is 6.41. The molecule has 2 rings (SSSR count). The van der Waals surface area contributed by atoms with Crippen molar-refractivity contribution < 1.29 is 9.84 Å². The summed E-state index contributed by atoms with van der Waals surface area (Å²) in [7, 11) is 1.76. The summed E-state index contributed by atoms with van der Waals surface area (Å²) in [6, 6.07) is 4.21. The summed E-state index contributed by atoms with van der Waals surface area (Å²) in [6.07, 6.45) is 3.73. The molecule has 1 aliphatic rings. The zero-order valence-corrected chi connectivity index (χ0v) is 12.6. The molecule has 0 spiro atoms. The largest absolute Gasteiger partial charge is 0.387 e. The van der Waals surface area contributed by atoms with Crippen LogP contribution in [0.4, 0.5) is 0 Å². The van der Waals surface area contributed by atoms with Gasteiger partial charge in [-0.1, -0.05) is 20.8 Å². The average Bonchev–Trinajstić information content (AvgIpc) is 2.71. The molecule has 2 nitrogen and oxygen atoms in total.